The van der Waals surface area contributed by atoms with Gasteiger partial charge in [0.1, 0.15) is 0 Å². The molecule has 3 N–H and O–H groups in total. The summed E-state index contributed by atoms with van der Waals surface area (Å²) >= 11 is 0. The number of carboxylic acid groups (broad SMARTS) is 1. The van der Waals surface area contributed by atoms with Crippen molar-refractivity contribution in [2.45, 2.75) is 32.6 Å². The molecule has 1 aromatic carbocycles. The van der Waals surface area contributed by atoms with E-state index in [0.717, 1.165) is 12.0 Å². The summed E-state index contributed by atoms with van der Waals surface area (Å²) in [6.07, 6.45) is 0.985. The fourth-order valence-corrected chi connectivity index (χ4v) is 1.38. The molecule has 0 saturated heterocycles. The minimum atomic E-state index is -0.978. The molecule has 0 aromatic heterocycles. The molecule has 1 aromatic rings. The monoisotopic (exact) mass is 207 g/mol. The van der Waals surface area contributed by atoms with Gasteiger partial charge in [0.15, 0.2) is 0 Å². The molecule has 0 aliphatic carbocycles. The molecule has 0 bridgehead atoms. The van der Waals surface area contributed by atoms with Gasteiger partial charge in [0.2, 0.25) is 0 Å². The van der Waals surface area contributed by atoms with E-state index in [1.165, 1.54) is 0 Å². The number of rotatable bonds is 3. The second-order valence-electron chi connectivity index (χ2n) is 4.34. The molecule has 0 aliphatic rings. The summed E-state index contributed by atoms with van der Waals surface area (Å²) in [6, 6.07) is 5.17. The van der Waals surface area contributed by atoms with Crippen molar-refractivity contribution >= 4 is 11.7 Å². The van der Waals surface area contributed by atoms with Crippen molar-refractivity contribution < 1.29 is 9.90 Å². The Hall–Kier alpha value is -1.51. The van der Waals surface area contributed by atoms with Gasteiger partial charge in [-0.15, -0.1) is 0 Å². The highest BCUT2D eigenvalue weighted by Crippen LogP contribution is 2.29. The lowest BCUT2D eigenvalue weighted by Crippen LogP contribution is -2.16. The maximum atomic E-state index is 10.8. The van der Waals surface area contributed by atoms with Gasteiger partial charge in [-0.1, -0.05) is 26.8 Å². The van der Waals surface area contributed by atoms with E-state index >= 15 is 0 Å². The zero-order valence-corrected chi connectivity index (χ0v) is 9.37. The first-order valence-electron chi connectivity index (χ1n) is 5.02. The van der Waals surface area contributed by atoms with Gasteiger partial charge in [-0.05, 0) is 29.5 Å². The molecule has 0 amide bonds. The maximum absolute atomic E-state index is 10.8. The predicted molar refractivity (Wildman–Crippen MR) is 61.1 cm³/mol. The van der Waals surface area contributed by atoms with Crippen LogP contribution in [-0.4, -0.2) is 11.1 Å². The highest BCUT2D eigenvalue weighted by Gasteiger charge is 2.19. The number of anilines is 1. The van der Waals surface area contributed by atoms with Crippen LogP contribution in [0.4, 0.5) is 5.69 Å². The molecule has 3 nitrogen and oxygen atoms in total. The average Bonchev–Trinajstić information content (AvgIpc) is 2.17. The van der Waals surface area contributed by atoms with Crippen LogP contribution in [0.15, 0.2) is 18.2 Å². The van der Waals surface area contributed by atoms with Crippen LogP contribution >= 0.6 is 0 Å². The number of carbonyl (C=O) groups is 1. The van der Waals surface area contributed by atoms with Crippen LogP contribution < -0.4 is 5.73 Å². The predicted octanol–water partition coefficient (Wildman–Crippen LogP) is 2.65. The van der Waals surface area contributed by atoms with E-state index in [9.17, 15) is 4.79 Å². The lowest BCUT2D eigenvalue weighted by atomic mass is 9.81. The van der Waals surface area contributed by atoms with Crippen LogP contribution in [0.25, 0.3) is 0 Å². The first-order chi connectivity index (χ1) is 6.88. The standard InChI is InChI=1S/C12H17NO2/c1-4-12(2,3)8-5-6-9(11(14)15)10(13)7-8/h5-7H,4,13H2,1-3H3,(H,14,15). The van der Waals surface area contributed by atoms with E-state index in [4.69, 9.17) is 10.8 Å². The summed E-state index contributed by atoms with van der Waals surface area (Å²) in [5, 5.41) is 8.84. The summed E-state index contributed by atoms with van der Waals surface area (Å²) in [6.45, 7) is 6.33. The van der Waals surface area contributed by atoms with E-state index in [1.807, 2.05) is 6.07 Å². The molecule has 0 radical (unpaired) electrons. The summed E-state index contributed by atoms with van der Waals surface area (Å²) in [4.78, 5) is 10.8. The van der Waals surface area contributed by atoms with Gasteiger partial charge in [0.05, 0.1) is 5.56 Å². The highest BCUT2D eigenvalue weighted by molar-refractivity contribution is 5.93. The van der Waals surface area contributed by atoms with Crippen molar-refractivity contribution in [3.05, 3.63) is 29.3 Å². The van der Waals surface area contributed by atoms with Crippen LogP contribution in [0.1, 0.15) is 43.1 Å². The van der Waals surface area contributed by atoms with E-state index in [0.29, 0.717) is 5.69 Å². The third-order valence-corrected chi connectivity index (χ3v) is 2.95. The molecule has 3 heteroatoms. The summed E-state index contributed by atoms with van der Waals surface area (Å²) in [5.74, 6) is -0.978. The SMILES string of the molecule is CCC(C)(C)c1ccc(C(=O)O)c(N)c1. The Balaban J connectivity index is 3.18. The highest BCUT2D eigenvalue weighted by atomic mass is 16.4. The first-order valence-corrected chi connectivity index (χ1v) is 5.02. The van der Waals surface area contributed by atoms with Crippen molar-refractivity contribution in [3.63, 3.8) is 0 Å². The third-order valence-electron chi connectivity index (χ3n) is 2.95. The Morgan fingerprint density at radius 3 is 2.47 bits per heavy atom. The zero-order valence-electron chi connectivity index (χ0n) is 9.37. The maximum Gasteiger partial charge on any atom is 0.337 e. The van der Waals surface area contributed by atoms with Crippen molar-refractivity contribution in [1.29, 1.82) is 0 Å². The number of hydrogen-bond acceptors (Lipinski definition) is 2. The zero-order chi connectivity index (χ0) is 11.6. The fraction of sp³-hybridized carbons (Fsp3) is 0.417. The quantitative estimate of drug-likeness (QED) is 0.749. The van der Waals surface area contributed by atoms with Crippen molar-refractivity contribution in [1.82, 2.24) is 0 Å². The van der Waals surface area contributed by atoms with Crippen molar-refractivity contribution in [2.24, 2.45) is 0 Å². The molecule has 0 fully saturated rings. The van der Waals surface area contributed by atoms with E-state index in [2.05, 4.69) is 20.8 Å². The summed E-state index contributed by atoms with van der Waals surface area (Å²) in [5.41, 5.74) is 7.31. The lowest BCUT2D eigenvalue weighted by molar-refractivity contribution is 0.0698. The molecule has 82 valence electrons. The number of nitrogen functional groups attached to an aromatic ring is 1. The number of benzene rings is 1. The first kappa shape index (κ1) is 11.6. The van der Waals surface area contributed by atoms with Crippen molar-refractivity contribution in [2.75, 3.05) is 5.73 Å². The summed E-state index contributed by atoms with van der Waals surface area (Å²) < 4.78 is 0. The Morgan fingerprint density at radius 2 is 2.07 bits per heavy atom. The fourth-order valence-electron chi connectivity index (χ4n) is 1.38. The van der Waals surface area contributed by atoms with Gasteiger partial charge in [-0.2, -0.15) is 0 Å². The number of carboxylic acids is 1. The topological polar surface area (TPSA) is 63.3 Å². The van der Waals surface area contributed by atoms with Crippen LogP contribution in [0.5, 0.6) is 0 Å². The molecule has 0 unspecified atom stereocenters. The normalized spacial score (nSPS) is 11.4. The van der Waals surface area contributed by atoms with Gasteiger partial charge < -0.3 is 10.8 Å². The molecule has 0 spiro atoms. The van der Waals surface area contributed by atoms with Crippen LogP contribution in [0, 0.1) is 0 Å². The van der Waals surface area contributed by atoms with Gasteiger partial charge in [0.25, 0.3) is 0 Å². The smallest absolute Gasteiger partial charge is 0.337 e. The minimum absolute atomic E-state index is 0.0329. The molecular formula is C12H17NO2. The van der Waals surface area contributed by atoms with Gasteiger partial charge in [0, 0.05) is 5.69 Å². The van der Waals surface area contributed by atoms with E-state index in [1.54, 1.807) is 12.1 Å². The number of nitrogens with two attached hydrogens (primary N) is 1. The van der Waals surface area contributed by atoms with Gasteiger partial charge in [-0.25, -0.2) is 4.79 Å². The molecule has 0 heterocycles. The molecule has 0 saturated carbocycles. The third kappa shape index (κ3) is 2.29. The lowest BCUT2D eigenvalue weighted by Gasteiger charge is -2.23. The average molecular weight is 207 g/mol. The van der Waals surface area contributed by atoms with Crippen LogP contribution in [0.3, 0.4) is 0 Å². The van der Waals surface area contributed by atoms with Gasteiger partial charge in [-0.3, -0.25) is 0 Å². The largest absolute Gasteiger partial charge is 0.478 e. The van der Waals surface area contributed by atoms with E-state index in [-0.39, 0.29) is 11.0 Å². The molecular weight excluding hydrogens is 190 g/mol. The second-order valence-corrected chi connectivity index (χ2v) is 4.34. The summed E-state index contributed by atoms with van der Waals surface area (Å²) in [7, 11) is 0. The number of aromatic carboxylic acids is 1. The second kappa shape index (κ2) is 3.93. The molecule has 0 atom stereocenters. The molecule has 15 heavy (non-hydrogen) atoms. The molecule has 1 rings (SSSR count). The minimum Gasteiger partial charge on any atom is -0.478 e. The Bertz CT molecular complexity index is 383. The number of hydrogen-bond donors (Lipinski definition) is 2. The molecule has 0 aliphatic heterocycles. The van der Waals surface area contributed by atoms with Gasteiger partial charge >= 0.3 is 5.97 Å². The Morgan fingerprint density at radius 1 is 1.47 bits per heavy atom. The van der Waals surface area contributed by atoms with Crippen molar-refractivity contribution in [3.8, 4) is 0 Å². The Kier molecular flexibility index (Phi) is 3.03. The van der Waals surface area contributed by atoms with Crippen LogP contribution in [-0.2, 0) is 5.41 Å². The Labute approximate surface area is 89.9 Å². The van der Waals surface area contributed by atoms with E-state index < -0.39 is 5.97 Å². The van der Waals surface area contributed by atoms with Crippen LogP contribution in [0.2, 0.25) is 0 Å².